The number of nitrogens with zero attached hydrogens (tertiary/aromatic N) is 5. The fourth-order valence-corrected chi connectivity index (χ4v) is 5.77. The summed E-state index contributed by atoms with van der Waals surface area (Å²) in [5, 5.41) is 2.14. The summed E-state index contributed by atoms with van der Waals surface area (Å²) in [5.41, 5.74) is 1.03. The second-order valence-electron chi connectivity index (χ2n) is 9.02. The number of aromatic nitrogens is 5. The highest BCUT2D eigenvalue weighted by Crippen LogP contribution is 2.36. The second-order valence-corrected chi connectivity index (χ2v) is 11.0. The number of ether oxygens (including phenoxy) is 1. The SMILES string of the molecule is O=S(=O)(Nc1ccc(F)c(Nc2ncccc2-c2ncnc3c2ncn3C2CCCCO2)c1F)C1CC1. The van der Waals surface area contributed by atoms with Crippen molar-refractivity contribution < 1.29 is 21.9 Å². The summed E-state index contributed by atoms with van der Waals surface area (Å²) >= 11 is 0. The molecule has 1 saturated heterocycles. The van der Waals surface area contributed by atoms with Crippen LogP contribution in [0.15, 0.2) is 43.1 Å². The van der Waals surface area contributed by atoms with Crippen LogP contribution in [0.1, 0.15) is 38.3 Å². The highest BCUT2D eigenvalue weighted by molar-refractivity contribution is 7.93. The van der Waals surface area contributed by atoms with E-state index < -0.39 is 32.6 Å². The van der Waals surface area contributed by atoms with Crippen molar-refractivity contribution in [3.63, 3.8) is 0 Å². The van der Waals surface area contributed by atoms with Crippen molar-refractivity contribution in [1.82, 2.24) is 24.5 Å². The zero-order chi connectivity index (χ0) is 25.6. The molecule has 0 radical (unpaired) electrons. The molecule has 1 saturated carbocycles. The van der Waals surface area contributed by atoms with Gasteiger partial charge in [0.1, 0.15) is 41.1 Å². The van der Waals surface area contributed by atoms with Gasteiger partial charge >= 0.3 is 0 Å². The van der Waals surface area contributed by atoms with Crippen molar-refractivity contribution in [2.45, 2.75) is 43.6 Å². The Morgan fingerprint density at radius 3 is 2.68 bits per heavy atom. The molecule has 0 bridgehead atoms. The lowest BCUT2D eigenvalue weighted by Crippen LogP contribution is -2.18. The van der Waals surface area contributed by atoms with E-state index in [2.05, 4.69) is 30.0 Å². The molecule has 3 aromatic heterocycles. The highest BCUT2D eigenvalue weighted by Gasteiger charge is 2.36. The van der Waals surface area contributed by atoms with Gasteiger partial charge in [0.2, 0.25) is 10.0 Å². The van der Waals surface area contributed by atoms with Gasteiger partial charge in [-0.25, -0.2) is 37.1 Å². The van der Waals surface area contributed by atoms with Crippen LogP contribution in [0.4, 0.5) is 26.0 Å². The maximum Gasteiger partial charge on any atom is 0.235 e. The molecule has 1 atom stereocenters. The minimum absolute atomic E-state index is 0.117. The zero-order valence-corrected chi connectivity index (χ0v) is 20.4. The number of pyridine rings is 1. The molecule has 10 nitrogen and oxygen atoms in total. The summed E-state index contributed by atoms with van der Waals surface area (Å²) in [6.07, 6.45) is 8.22. The Morgan fingerprint density at radius 1 is 1.03 bits per heavy atom. The van der Waals surface area contributed by atoms with Crippen LogP contribution in [0, 0.1) is 11.6 Å². The predicted octanol–water partition coefficient (Wildman–Crippen LogP) is 4.51. The molecule has 0 spiro atoms. The Morgan fingerprint density at radius 2 is 1.89 bits per heavy atom. The van der Waals surface area contributed by atoms with Crippen LogP contribution in [0.2, 0.25) is 0 Å². The first-order valence-electron chi connectivity index (χ1n) is 11.9. The third-order valence-corrected chi connectivity index (χ3v) is 8.29. The number of hydrogen-bond acceptors (Lipinski definition) is 8. The van der Waals surface area contributed by atoms with Gasteiger partial charge in [0.25, 0.3) is 0 Å². The first kappa shape index (κ1) is 23.7. The number of fused-ring (bicyclic) bond motifs is 1. The molecule has 6 rings (SSSR count). The number of halogens is 2. The van der Waals surface area contributed by atoms with Gasteiger partial charge in [0.05, 0.1) is 17.3 Å². The minimum Gasteiger partial charge on any atom is -0.358 e. The van der Waals surface area contributed by atoms with Gasteiger partial charge in [-0.3, -0.25) is 9.29 Å². The van der Waals surface area contributed by atoms with Crippen molar-refractivity contribution in [1.29, 1.82) is 0 Å². The lowest BCUT2D eigenvalue weighted by Gasteiger charge is -2.23. The number of rotatable bonds is 7. The third-order valence-electron chi connectivity index (χ3n) is 6.44. The van der Waals surface area contributed by atoms with Gasteiger partial charge in [-0.1, -0.05) is 0 Å². The minimum atomic E-state index is -3.74. The molecule has 2 N–H and O–H groups in total. The van der Waals surface area contributed by atoms with Gasteiger partial charge in [-0.2, -0.15) is 0 Å². The van der Waals surface area contributed by atoms with Crippen LogP contribution < -0.4 is 10.0 Å². The Hall–Kier alpha value is -3.71. The molecular weight excluding hydrogens is 504 g/mol. The number of imidazole rings is 1. The Labute approximate surface area is 211 Å². The summed E-state index contributed by atoms with van der Waals surface area (Å²) in [7, 11) is -3.74. The Balaban J connectivity index is 1.37. The van der Waals surface area contributed by atoms with Gasteiger partial charge in [0, 0.05) is 18.4 Å². The molecule has 1 aromatic carbocycles. The van der Waals surface area contributed by atoms with Crippen LogP contribution in [-0.2, 0) is 14.8 Å². The molecule has 4 heterocycles. The van der Waals surface area contributed by atoms with E-state index in [9.17, 15) is 12.8 Å². The van der Waals surface area contributed by atoms with Crippen LogP contribution in [-0.4, -0.2) is 44.8 Å². The standard InChI is InChI=1S/C24H23F2N7O3S/c25-16-8-9-17(32-37(34,35)14-6-7-14)19(26)21(16)31-23-15(4-3-10-27-23)20-22-24(29-12-28-20)33(13-30-22)18-5-1-2-11-36-18/h3-4,8-10,12-14,18,32H,1-2,5-7,11H2,(H,27,31). The summed E-state index contributed by atoms with van der Waals surface area (Å²) < 4.78 is 64.7. The average Bonchev–Trinajstić information content (AvgIpc) is 3.69. The van der Waals surface area contributed by atoms with Crippen molar-refractivity contribution in [3.8, 4) is 11.3 Å². The van der Waals surface area contributed by atoms with Crippen LogP contribution in [0.3, 0.4) is 0 Å². The van der Waals surface area contributed by atoms with Gasteiger partial charge < -0.3 is 10.1 Å². The lowest BCUT2D eigenvalue weighted by molar-refractivity contribution is -0.0298. The van der Waals surface area contributed by atoms with Crippen LogP contribution >= 0.6 is 0 Å². The number of anilines is 3. The first-order valence-corrected chi connectivity index (χ1v) is 13.5. The van der Waals surface area contributed by atoms with E-state index in [0.717, 1.165) is 31.4 Å². The van der Waals surface area contributed by atoms with Crippen LogP contribution in [0.5, 0.6) is 0 Å². The number of hydrogen-bond donors (Lipinski definition) is 2. The molecule has 13 heteroatoms. The molecule has 37 heavy (non-hydrogen) atoms. The molecule has 0 amide bonds. The summed E-state index contributed by atoms with van der Waals surface area (Å²) in [6.45, 7) is 0.659. The van der Waals surface area contributed by atoms with E-state index in [-0.39, 0.29) is 17.7 Å². The van der Waals surface area contributed by atoms with Gasteiger partial charge in [-0.15, -0.1) is 0 Å². The molecular formula is C24H23F2N7O3S. The number of sulfonamides is 1. The molecule has 4 aromatic rings. The lowest BCUT2D eigenvalue weighted by atomic mass is 10.1. The van der Waals surface area contributed by atoms with E-state index in [1.54, 1.807) is 18.5 Å². The number of nitrogens with one attached hydrogen (secondary N) is 2. The van der Waals surface area contributed by atoms with E-state index in [1.165, 1.54) is 12.5 Å². The van der Waals surface area contributed by atoms with Crippen molar-refractivity contribution >= 4 is 38.4 Å². The zero-order valence-electron chi connectivity index (χ0n) is 19.6. The largest absolute Gasteiger partial charge is 0.358 e. The highest BCUT2D eigenvalue weighted by atomic mass is 32.2. The summed E-state index contributed by atoms with van der Waals surface area (Å²) in [4.78, 5) is 17.6. The Bertz CT molecular complexity index is 1580. The monoisotopic (exact) mass is 527 g/mol. The average molecular weight is 528 g/mol. The van der Waals surface area contributed by atoms with E-state index >= 15 is 4.39 Å². The molecule has 192 valence electrons. The predicted molar refractivity (Wildman–Crippen MR) is 133 cm³/mol. The molecule has 1 unspecified atom stereocenters. The first-order chi connectivity index (χ1) is 17.9. The van der Waals surface area contributed by atoms with Crippen LogP contribution in [0.25, 0.3) is 22.4 Å². The van der Waals surface area contributed by atoms with E-state index in [1.807, 2.05) is 4.57 Å². The Kier molecular flexibility index (Phi) is 5.95. The fourth-order valence-electron chi connectivity index (χ4n) is 4.38. The van der Waals surface area contributed by atoms with Gasteiger partial charge in [-0.05, 0) is 56.4 Å². The summed E-state index contributed by atoms with van der Waals surface area (Å²) in [6, 6.07) is 5.42. The smallest absolute Gasteiger partial charge is 0.235 e. The van der Waals surface area contributed by atoms with E-state index in [0.29, 0.717) is 41.9 Å². The maximum absolute atomic E-state index is 15.3. The maximum atomic E-state index is 15.3. The molecule has 1 aliphatic carbocycles. The van der Waals surface area contributed by atoms with Crippen molar-refractivity contribution in [2.24, 2.45) is 0 Å². The van der Waals surface area contributed by atoms with Gasteiger partial charge in [0.15, 0.2) is 11.5 Å². The van der Waals surface area contributed by atoms with Crippen molar-refractivity contribution in [2.75, 3.05) is 16.6 Å². The number of benzene rings is 1. The topological polar surface area (TPSA) is 124 Å². The molecule has 1 aliphatic heterocycles. The summed E-state index contributed by atoms with van der Waals surface area (Å²) in [5.74, 6) is -1.87. The second kappa shape index (κ2) is 9.30. The normalized spacial score (nSPS) is 18.2. The van der Waals surface area contributed by atoms with E-state index in [4.69, 9.17) is 4.74 Å². The fraction of sp³-hybridized carbons (Fsp3) is 0.333. The quantitative estimate of drug-likeness (QED) is 0.360. The molecule has 2 fully saturated rings. The third kappa shape index (κ3) is 4.48. The molecule has 2 aliphatic rings. The van der Waals surface area contributed by atoms with Crippen molar-refractivity contribution in [3.05, 3.63) is 54.8 Å².